The van der Waals surface area contributed by atoms with Gasteiger partial charge in [0.1, 0.15) is 0 Å². The van der Waals surface area contributed by atoms with Gasteiger partial charge in [-0.25, -0.2) is 0 Å². The normalized spacial score (nSPS) is 19.6. The topological polar surface area (TPSA) is 67.4 Å². The standard InChI is InChI=1S/C16H21ClN2O3/c1-9-6-10(2)14(13(17)7-9)19-16(21)12-8-11(12)15(20)18-4-5-22-3/h6-7,11-12H,4-5,8H2,1-3H3,(H,18,20)(H,19,21). The number of ether oxygens (including phenoxy) is 1. The van der Waals surface area contributed by atoms with Gasteiger partial charge in [0.05, 0.1) is 29.2 Å². The average Bonchev–Trinajstić information content (AvgIpc) is 3.23. The molecule has 2 unspecified atom stereocenters. The van der Waals surface area contributed by atoms with Crippen LogP contribution >= 0.6 is 11.6 Å². The summed E-state index contributed by atoms with van der Waals surface area (Å²) in [5.74, 6) is -0.773. The Morgan fingerprint density at radius 1 is 1.27 bits per heavy atom. The molecule has 22 heavy (non-hydrogen) atoms. The van der Waals surface area contributed by atoms with Crippen molar-refractivity contribution >= 4 is 29.1 Å². The van der Waals surface area contributed by atoms with Gasteiger partial charge in [-0.2, -0.15) is 0 Å². The van der Waals surface area contributed by atoms with E-state index in [9.17, 15) is 9.59 Å². The monoisotopic (exact) mass is 324 g/mol. The number of carbonyl (C=O) groups is 2. The molecule has 1 saturated carbocycles. The van der Waals surface area contributed by atoms with Gasteiger partial charge in [0.25, 0.3) is 0 Å². The molecule has 1 aliphatic carbocycles. The molecule has 0 radical (unpaired) electrons. The number of benzene rings is 1. The van der Waals surface area contributed by atoms with E-state index >= 15 is 0 Å². The number of halogens is 1. The summed E-state index contributed by atoms with van der Waals surface area (Å²) in [4.78, 5) is 24.1. The Hall–Kier alpha value is -1.59. The number of aryl methyl sites for hydroxylation is 2. The first-order valence-corrected chi connectivity index (χ1v) is 7.66. The van der Waals surface area contributed by atoms with Gasteiger partial charge >= 0.3 is 0 Å². The minimum absolute atomic E-state index is 0.0936. The maximum absolute atomic E-state index is 12.2. The molecule has 6 heteroatoms. The fourth-order valence-corrected chi connectivity index (χ4v) is 2.84. The van der Waals surface area contributed by atoms with Crippen LogP contribution in [0.5, 0.6) is 0 Å². The third kappa shape index (κ3) is 3.99. The van der Waals surface area contributed by atoms with Crippen molar-refractivity contribution in [3.8, 4) is 0 Å². The maximum Gasteiger partial charge on any atom is 0.228 e. The molecular weight excluding hydrogens is 304 g/mol. The summed E-state index contributed by atoms with van der Waals surface area (Å²) in [5, 5.41) is 6.12. The molecule has 2 N–H and O–H groups in total. The van der Waals surface area contributed by atoms with E-state index in [-0.39, 0.29) is 23.7 Å². The molecule has 120 valence electrons. The number of hydrogen-bond acceptors (Lipinski definition) is 3. The Balaban J connectivity index is 1.91. The van der Waals surface area contributed by atoms with E-state index in [0.717, 1.165) is 11.1 Å². The molecule has 5 nitrogen and oxygen atoms in total. The highest BCUT2D eigenvalue weighted by Crippen LogP contribution is 2.40. The molecule has 1 fully saturated rings. The van der Waals surface area contributed by atoms with Crippen molar-refractivity contribution in [1.29, 1.82) is 0 Å². The molecule has 2 rings (SSSR count). The Labute approximate surface area is 135 Å². The summed E-state index contributed by atoms with van der Waals surface area (Å²) < 4.78 is 4.87. The molecule has 0 bridgehead atoms. The highest BCUT2D eigenvalue weighted by Gasteiger charge is 2.48. The Morgan fingerprint density at radius 2 is 1.95 bits per heavy atom. The van der Waals surface area contributed by atoms with Crippen molar-refractivity contribution in [3.05, 3.63) is 28.3 Å². The van der Waals surface area contributed by atoms with Crippen LogP contribution in [0.25, 0.3) is 0 Å². The van der Waals surface area contributed by atoms with Crippen LogP contribution in [-0.2, 0) is 14.3 Å². The summed E-state index contributed by atoms with van der Waals surface area (Å²) in [6.07, 6.45) is 0.577. The molecule has 1 aliphatic rings. The lowest BCUT2D eigenvalue weighted by Gasteiger charge is -2.11. The van der Waals surface area contributed by atoms with E-state index in [0.29, 0.717) is 30.3 Å². The minimum Gasteiger partial charge on any atom is -0.383 e. The van der Waals surface area contributed by atoms with Crippen LogP contribution in [0.15, 0.2) is 12.1 Å². The van der Waals surface area contributed by atoms with Gasteiger partial charge < -0.3 is 15.4 Å². The van der Waals surface area contributed by atoms with Crippen LogP contribution in [0.4, 0.5) is 5.69 Å². The number of nitrogens with one attached hydrogen (secondary N) is 2. The van der Waals surface area contributed by atoms with Gasteiger partial charge in [-0.15, -0.1) is 0 Å². The molecule has 0 aromatic heterocycles. The van der Waals surface area contributed by atoms with Crippen molar-refractivity contribution in [3.63, 3.8) is 0 Å². The van der Waals surface area contributed by atoms with Gasteiger partial charge in [0, 0.05) is 13.7 Å². The first-order valence-electron chi connectivity index (χ1n) is 7.28. The number of rotatable bonds is 6. The second kappa shape index (κ2) is 7.11. The van der Waals surface area contributed by atoms with Crippen molar-refractivity contribution in [2.75, 3.05) is 25.6 Å². The van der Waals surface area contributed by atoms with E-state index in [2.05, 4.69) is 10.6 Å². The number of amides is 2. The number of anilines is 1. The summed E-state index contributed by atoms with van der Waals surface area (Å²) >= 11 is 6.18. The Kier molecular flexibility index (Phi) is 5.42. The lowest BCUT2D eigenvalue weighted by molar-refractivity contribution is -0.125. The van der Waals surface area contributed by atoms with Crippen molar-refractivity contribution in [2.24, 2.45) is 11.8 Å². The van der Waals surface area contributed by atoms with Gasteiger partial charge in [-0.1, -0.05) is 17.7 Å². The van der Waals surface area contributed by atoms with Crippen LogP contribution in [0.1, 0.15) is 17.5 Å². The molecule has 1 aromatic rings. The average molecular weight is 325 g/mol. The zero-order valence-electron chi connectivity index (χ0n) is 13.0. The zero-order chi connectivity index (χ0) is 16.3. The van der Waals surface area contributed by atoms with Gasteiger partial charge in [-0.3, -0.25) is 9.59 Å². The smallest absolute Gasteiger partial charge is 0.228 e. The van der Waals surface area contributed by atoms with Crippen LogP contribution in [0.3, 0.4) is 0 Å². The fraction of sp³-hybridized carbons (Fsp3) is 0.500. The molecule has 0 aliphatic heterocycles. The van der Waals surface area contributed by atoms with Crippen LogP contribution in [-0.4, -0.2) is 32.1 Å². The van der Waals surface area contributed by atoms with E-state index in [1.807, 2.05) is 26.0 Å². The first-order chi connectivity index (χ1) is 10.4. The second-order valence-electron chi connectivity index (χ2n) is 5.66. The maximum atomic E-state index is 12.2. The van der Waals surface area contributed by atoms with Crippen LogP contribution in [0.2, 0.25) is 5.02 Å². The first kappa shape index (κ1) is 16.8. The van der Waals surface area contributed by atoms with Gasteiger partial charge in [-0.05, 0) is 37.5 Å². The Bertz CT molecular complexity index is 566. The molecule has 2 atom stereocenters. The predicted molar refractivity (Wildman–Crippen MR) is 86.0 cm³/mol. The minimum atomic E-state index is -0.278. The molecule has 0 spiro atoms. The summed E-state index contributed by atoms with van der Waals surface area (Å²) in [5.41, 5.74) is 2.59. The predicted octanol–water partition coefficient (Wildman–Crippen LogP) is 2.29. The molecule has 2 amide bonds. The third-order valence-corrected chi connectivity index (χ3v) is 4.05. The highest BCUT2D eigenvalue weighted by atomic mass is 35.5. The van der Waals surface area contributed by atoms with Gasteiger partial charge in [0.15, 0.2) is 0 Å². The summed E-state index contributed by atoms with van der Waals surface area (Å²) in [6.45, 7) is 4.78. The molecule has 1 aromatic carbocycles. The van der Waals surface area contributed by atoms with Crippen LogP contribution in [0, 0.1) is 25.7 Å². The number of methoxy groups -OCH3 is 1. The largest absolute Gasteiger partial charge is 0.383 e. The second-order valence-corrected chi connectivity index (χ2v) is 6.07. The van der Waals surface area contributed by atoms with E-state index < -0.39 is 0 Å². The number of carbonyl (C=O) groups excluding carboxylic acids is 2. The fourth-order valence-electron chi connectivity index (χ4n) is 2.47. The van der Waals surface area contributed by atoms with Crippen molar-refractivity contribution in [2.45, 2.75) is 20.3 Å². The Morgan fingerprint density at radius 3 is 2.59 bits per heavy atom. The lowest BCUT2D eigenvalue weighted by Crippen LogP contribution is -2.30. The SMILES string of the molecule is COCCNC(=O)C1CC1C(=O)Nc1c(C)cc(C)cc1Cl. The van der Waals surface area contributed by atoms with E-state index in [4.69, 9.17) is 16.3 Å². The van der Waals surface area contributed by atoms with Crippen molar-refractivity contribution in [1.82, 2.24) is 5.32 Å². The zero-order valence-corrected chi connectivity index (χ0v) is 13.8. The van der Waals surface area contributed by atoms with Crippen LogP contribution < -0.4 is 10.6 Å². The lowest BCUT2D eigenvalue weighted by atomic mass is 10.1. The molecule has 0 saturated heterocycles. The molecular formula is C16H21ClN2O3. The highest BCUT2D eigenvalue weighted by molar-refractivity contribution is 6.34. The number of hydrogen-bond donors (Lipinski definition) is 2. The van der Waals surface area contributed by atoms with Crippen molar-refractivity contribution < 1.29 is 14.3 Å². The summed E-state index contributed by atoms with van der Waals surface area (Å²) in [6, 6.07) is 3.77. The molecule has 0 heterocycles. The third-order valence-electron chi connectivity index (χ3n) is 3.75. The summed E-state index contributed by atoms with van der Waals surface area (Å²) in [7, 11) is 1.58. The van der Waals surface area contributed by atoms with Gasteiger partial charge in [0.2, 0.25) is 11.8 Å². The van der Waals surface area contributed by atoms with E-state index in [1.165, 1.54) is 0 Å². The van der Waals surface area contributed by atoms with E-state index in [1.54, 1.807) is 7.11 Å². The quantitative estimate of drug-likeness (QED) is 0.789.